The predicted octanol–water partition coefficient (Wildman–Crippen LogP) is 3.40. The van der Waals surface area contributed by atoms with Crippen molar-refractivity contribution < 1.29 is 9.47 Å². The van der Waals surface area contributed by atoms with E-state index >= 15 is 0 Å². The van der Waals surface area contributed by atoms with Gasteiger partial charge in [-0.15, -0.1) is 0 Å². The first-order valence-corrected chi connectivity index (χ1v) is 7.15. The fourth-order valence-corrected chi connectivity index (χ4v) is 1.99. The zero-order valence-corrected chi connectivity index (χ0v) is 11.9. The number of halogens is 1. The van der Waals surface area contributed by atoms with Crippen LogP contribution in [0.3, 0.4) is 0 Å². The highest BCUT2D eigenvalue weighted by atomic mass is 127. The molecule has 0 fully saturated rings. The molecule has 0 aromatic heterocycles. The highest BCUT2D eigenvalue weighted by Gasteiger charge is 2.22. The van der Waals surface area contributed by atoms with Gasteiger partial charge in [-0.05, 0) is 18.3 Å². The van der Waals surface area contributed by atoms with Gasteiger partial charge in [-0.1, -0.05) is 55.5 Å². The van der Waals surface area contributed by atoms with E-state index in [0.717, 1.165) is 17.5 Å². The molecule has 0 aromatic rings. The third-order valence-electron chi connectivity index (χ3n) is 2.44. The number of rotatable bonds is 6. The van der Waals surface area contributed by atoms with E-state index in [1.165, 1.54) is 0 Å². The van der Waals surface area contributed by atoms with Crippen molar-refractivity contribution in [3.63, 3.8) is 0 Å². The summed E-state index contributed by atoms with van der Waals surface area (Å²) in [5, 5.41) is 0. The maximum atomic E-state index is 5.91. The van der Waals surface area contributed by atoms with Crippen LogP contribution >= 0.6 is 22.6 Å². The van der Waals surface area contributed by atoms with Crippen molar-refractivity contribution in [2.45, 2.75) is 39.6 Å². The SMILES string of the molecule is CC(C)COC(CI)OC1C=CCC1C. The van der Waals surface area contributed by atoms with E-state index in [4.69, 9.17) is 9.47 Å². The van der Waals surface area contributed by atoms with E-state index in [-0.39, 0.29) is 12.4 Å². The van der Waals surface area contributed by atoms with E-state index in [0.29, 0.717) is 11.8 Å². The van der Waals surface area contributed by atoms with Crippen LogP contribution in [0.25, 0.3) is 0 Å². The summed E-state index contributed by atoms with van der Waals surface area (Å²) in [5.41, 5.74) is 0. The number of hydrogen-bond donors (Lipinski definition) is 0. The van der Waals surface area contributed by atoms with Crippen molar-refractivity contribution in [3.8, 4) is 0 Å². The summed E-state index contributed by atoms with van der Waals surface area (Å²) < 4.78 is 12.5. The van der Waals surface area contributed by atoms with Crippen LogP contribution in [-0.2, 0) is 9.47 Å². The standard InChI is InChI=1S/C12H21IO2/c1-9(2)8-14-12(7-13)15-11-6-4-5-10(11)3/h4,6,9-12H,5,7-8H2,1-3H3. The molecule has 15 heavy (non-hydrogen) atoms. The second-order valence-electron chi connectivity index (χ2n) is 4.55. The van der Waals surface area contributed by atoms with E-state index in [1.54, 1.807) is 0 Å². The average molecular weight is 324 g/mol. The van der Waals surface area contributed by atoms with Crippen LogP contribution < -0.4 is 0 Å². The lowest BCUT2D eigenvalue weighted by atomic mass is 10.1. The van der Waals surface area contributed by atoms with Crippen molar-refractivity contribution in [3.05, 3.63) is 12.2 Å². The molecule has 0 aliphatic heterocycles. The van der Waals surface area contributed by atoms with Crippen LogP contribution in [0.5, 0.6) is 0 Å². The molecular weight excluding hydrogens is 303 g/mol. The number of allylic oxidation sites excluding steroid dienone is 1. The maximum absolute atomic E-state index is 5.91. The van der Waals surface area contributed by atoms with Crippen LogP contribution in [0.4, 0.5) is 0 Å². The Hall–Kier alpha value is 0.390. The molecule has 2 nitrogen and oxygen atoms in total. The van der Waals surface area contributed by atoms with Gasteiger partial charge < -0.3 is 9.47 Å². The largest absolute Gasteiger partial charge is 0.352 e. The lowest BCUT2D eigenvalue weighted by Crippen LogP contribution is -2.28. The molecule has 3 heteroatoms. The Bertz CT molecular complexity index is 204. The molecule has 0 radical (unpaired) electrons. The Kier molecular flexibility index (Phi) is 6.16. The lowest BCUT2D eigenvalue weighted by Gasteiger charge is -2.23. The van der Waals surface area contributed by atoms with Gasteiger partial charge in [0.05, 0.1) is 17.1 Å². The fraction of sp³-hybridized carbons (Fsp3) is 0.833. The fourth-order valence-electron chi connectivity index (χ4n) is 1.53. The van der Waals surface area contributed by atoms with E-state index in [1.807, 2.05) is 0 Å². The van der Waals surface area contributed by atoms with Crippen LogP contribution in [0.1, 0.15) is 27.2 Å². The molecule has 0 N–H and O–H groups in total. The summed E-state index contributed by atoms with van der Waals surface area (Å²) in [6, 6.07) is 0. The molecule has 3 atom stereocenters. The van der Waals surface area contributed by atoms with Gasteiger partial charge >= 0.3 is 0 Å². The number of alkyl halides is 1. The van der Waals surface area contributed by atoms with E-state index in [2.05, 4.69) is 55.5 Å². The van der Waals surface area contributed by atoms with Crippen molar-refractivity contribution in [2.75, 3.05) is 11.0 Å². The van der Waals surface area contributed by atoms with Crippen LogP contribution in [0.2, 0.25) is 0 Å². The normalized spacial score (nSPS) is 27.5. The molecule has 0 amide bonds. The first-order chi connectivity index (χ1) is 7.13. The minimum Gasteiger partial charge on any atom is -0.352 e. The van der Waals surface area contributed by atoms with Gasteiger partial charge in [0.15, 0.2) is 6.29 Å². The molecule has 0 aromatic carbocycles. The highest BCUT2D eigenvalue weighted by molar-refractivity contribution is 14.1. The molecule has 0 bridgehead atoms. The summed E-state index contributed by atoms with van der Waals surface area (Å²) >= 11 is 2.32. The zero-order valence-electron chi connectivity index (χ0n) is 9.78. The third kappa shape index (κ3) is 4.83. The average Bonchev–Trinajstić information content (AvgIpc) is 2.58. The van der Waals surface area contributed by atoms with Gasteiger partial charge in [-0.2, -0.15) is 0 Å². The molecule has 3 unspecified atom stereocenters. The second kappa shape index (κ2) is 6.86. The van der Waals surface area contributed by atoms with Gasteiger partial charge in [0.1, 0.15) is 0 Å². The van der Waals surface area contributed by atoms with E-state index < -0.39 is 0 Å². The molecule has 1 aliphatic rings. The van der Waals surface area contributed by atoms with Gasteiger partial charge in [0, 0.05) is 0 Å². The van der Waals surface area contributed by atoms with Gasteiger partial charge in [0.2, 0.25) is 0 Å². The predicted molar refractivity (Wildman–Crippen MR) is 71.3 cm³/mol. The topological polar surface area (TPSA) is 18.5 Å². The van der Waals surface area contributed by atoms with Crippen molar-refractivity contribution in [2.24, 2.45) is 11.8 Å². The maximum Gasteiger partial charge on any atom is 0.167 e. The molecule has 1 aliphatic carbocycles. The second-order valence-corrected chi connectivity index (χ2v) is 5.43. The Balaban J connectivity index is 2.29. The molecular formula is C12H21IO2. The summed E-state index contributed by atoms with van der Waals surface area (Å²) in [7, 11) is 0. The molecule has 0 saturated carbocycles. The van der Waals surface area contributed by atoms with Crippen molar-refractivity contribution in [1.29, 1.82) is 0 Å². The molecule has 88 valence electrons. The summed E-state index contributed by atoms with van der Waals surface area (Å²) in [4.78, 5) is 0. The Morgan fingerprint density at radius 2 is 2.20 bits per heavy atom. The van der Waals surface area contributed by atoms with Gasteiger partial charge in [0.25, 0.3) is 0 Å². The van der Waals surface area contributed by atoms with Crippen LogP contribution in [0.15, 0.2) is 12.2 Å². The molecule has 1 rings (SSSR count). The van der Waals surface area contributed by atoms with Crippen molar-refractivity contribution >= 4 is 22.6 Å². The quantitative estimate of drug-likeness (QED) is 0.323. The number of hydrogen-bond acceptors (Lipinski definition) is 2. The first kappa shape index (κ1) is 13.5. The zero-order chi connectivity index (χ0) is 11.3. The Morgan fingerprint density at radius 3 is 2.67 bits per heavy atom. The minimum absolute atomic E-state index is 0.0526. The highest BCUT2D eigenvalue weighted by Crippen LogP contribution is 2.23. The monoisotopic (exact) mass is 324 g/mol. The Labute approximate surface area is 107 Å². The van der Waals surface area contributed by atoms with Crippen molar-refractivity contribution in [1.82, 2.24) is 0 Å². The summed E-state index contributed by atoms with van der Waals surface area (Å²) in [6.07, 6.45) is 5.67. The lowest BCUT2D eigenvalue weighted by molar-refractivity contribution is -0.156. The molecule has 0 spiro atoms. The smallest absolute Gasteiger partial charge is 0.167 e. The number of ether oxygens (including phenoxy) is 2. The molecule has 0 heterocycles. The summed E-state index contributed by atoms with van der Waals surface area (Å²) in [5.74, 6) is 1.16. The van der Waals surface area contributed by atoms with Crippen LogP contribution in [0, 0.1) is 11.8 Å². The minimum atomic E-state index is -0.0526. The first-order valence-electron chi connectivity index (χ1n) is 5.63. The van der Waals surface area contributed by atoms with E-state index in [9.17, 15) is 0 Å². The van der Waals surface area contributed by atoms with Gasteiger partial charge in [-0.25, -0.2) is 0 Å². The van der Waals surface area contributed by atoms with Crippen LogP contribution in [-0.4, -0.2) is 23.4 Å². The third-order valence-corrected chi connectivity index (χ3v) is 3.16. The summed E-state index contributed by atoms with van der Waals surface area (Å²) in [6.45, 7) is 7.31. The van der Waals surface area contributed by atoms with Gasteiger partial charge in [-0.3, -0.25) is 0 Å². The Morgan fingerprint density at radius 1 is 1.47 bits per heavy atom. The molecule has 0 saturated heterocycles.